The van der Waals surface area contributed by atoms with Gasteiger partial charge in [-0.05, 0) is 0 Å². The molecule has 34 heavy (non-hydrogen) atoms. The first-order chi connectivity index (χ1) is 15.5. The Labute approximate surface area is 193 Å². The molecule has 10 atom stereocenters. The Balaban J connectivity index is 2.52. The molecule has 0 spiro atoms. The second-order valence-corrected chi connectivity index (χ2v) is 10.8. The van der Waals surface area contributed by atoms with Crippen molar-refractivity contribution in [3.05, 3.63) is 0 Å². The summed E-state index contributed by atoms with van der Waals surface area (Å²) in [7, 11) is -9.18. The van der Waals surface area contributed by atoms with Crippen LogP contribution in [0.15, 0.2) is 0 Å². The number of hydrogen-bond donors (Lipinski definition) is 9. The Bertz CT molecular complexity index is 906. The summed E-state index contributed by atoms with van der Waals surface area (Å²) in [6.45, 7) is -2.16. The Morgan fingerprint density at radius 2 is 1.18 bits per heavy atom. The van der Waals surface area contributed by atoms with Crippen molar-refractivity contribution in [2.45, 2.75) is 60.4 Å². The van der Waals surface area contributed by atoms with Gasteiger partial charge in [0.25, 0.3) is 20.2 Å². The molecule has 2 aliphatic rings. The summed E-state index contributed by atoms with van der Waals surface area (Å²) in [4.78, 5) is 0. The highest BCUT2D eigenvalue weighted by molar-refractivity contribution is 7.86. The van der Waals surface area contributed by atoms with Gasteiger partial charge in [0.15, 0.2) is 0 Å². The van der Waals surface area contributed by atoms with E-state index >= 15 is 0 Å². The molecule has 202 valence electrons. The highest BCUT2D eigenvalue weighted by Crippen LogP contribution is 2.39. The number of aliphatic hydroxyl groups excluding tert-OH is 7. The lowest BCUT2D eigenvalue weighted by Gasteiger charge is -2.53. The molecule has 0 amide bonds. The van der Waals surface area contributed by atoms with Crippen LogP contribution in [0.1, 0.15) is 0 Å². The molecule has 0 saturated carbocycles. The van der Waals surface area contributed by atoms with Crippen LogP contribution in [0.2, 0.25) is 0 Å². The topological polar surface area (TPSA) is 287 Å². The van der Waals surface area contributed by atoms with Gasteiger partial charge < -0.3 is 54.7 Å². The molecule has 2 fully saturated rings. The monoisotopic (exact) mass is 544 g/mol. The zero-order chi connectivity index (χ0) is 26.3. The van der Waals surface area contributed by atoms with Gasteiger partial charge in [0.05, 0.1) is 13.2 Å². The third-order valence-corrected chi connectivity index (χ3v) is 7.03. The van der Waals surface area contributed by atoms with Crippen molar-refractivity contribution >= 4 is 20.2 Å². The molecule has 2 aliphatic heterocycles. The SMILES string of the molecule is CO[C@@]1(CS(=O)(=O)O)O[C@H](CO)[C@@H](O[C@@]2(CS(=O)(=O)O)O[C@H](CO)[C@@H](O)[C@H](O)[C@H]2O)[C@H](O)[C@H]1O. The standard InChI is InChI=1S/C15H28O17S2/c1-29-14(4-33(23,24)25)13(22)10(20)11(7(3-17)31-14)32-15(5-34(26,27)28)12(21)9(19)8(18)6(2-16)30-15/h6-13,16-22H,2-5H2,1H3,(H,23,24,25)(H,26,27,28)/t6-,7-,8-,9+,10+,11-,12-,13-,14+,15-/m1/s1. The van der Waals surface area contributed by atoms with E-state index in [0.29, 0.717) is 0 Å². The number of ether oxygens (including phenoxy) is 4. The predicted molar refractivity (Wildman–Crippen MR) is 104 cm³/mol. The van der Waals surface area contributed by atoms with Gasteiger partial charge in [-0.25, -0.2) is 0 Å². The molecule has 19 heteroatoms. The van der Waals surface area contributed by atoms with Crippen molar-refractivity contribution in [2.24, 2.45) is 0 Å². The van der Waals surface area contributed by atoms with Gasteiger partial charge in [-0.15, -0.1) is 0 Å². The molecule has 0 aromatic heterocycles. The third-order valence-electron chi connectivity index (χ3n) is 5.49. The molecule has 2 saturated heterocycles. The average molecular weight is 545 g/mol. The van der Waals surface area contributed by atoms with E-state index in [0.717, 1.165) is 7.11 Å². The van der Waals surface area contributed by atoms with Crippen LogP contribution < -0.4 is 0 Å². The van der Waals surface area contributed by atoms with Crippen LogP contribution >= 0.6 is 0 Å². The summed E-state index contributed by atoms with van der Waals surface area (Å²) < 4.78 is 85.2. The van der Waals surface area contributed by atoms with Crippen molar-refractivity contribution in [1.29, 1.82) is 0 Å². The lowest BCUT2D eigenvalue weighted by molar-refractivity contribution is -0.409. The molecule has 0 radical (unpaired) electrons. The molecule has 0 aliphatic carbocycles. The van der Waals surface area contributed by atoms with Crippen molar-refractivity contribution in [3.8, 4) is 0 Å². The van der Waals surface area contributed by atoms with Crippen LogP contribution in [-0.2, 0) is 39.2 Å². The zero-order valence-electron chi connectivity index (χ0n) is 17.6. The second kappa shape index (κ2) is 10.4. The fourth-order valence-corrected chi connectivity index (χ4v) is 5.56. The molecule has 0 unspecified atom stereocenters. The lowest BCUT2D eigenvalue weighted by atomic mass is 9.90. The molecular weight excluding hydrogens is 516 g/mol. The summed E-state index contributed by atoms with van der Waals surface area (Å²) in [5, 5.41) is 70.8. The number of aliphatic hydroxyl groups is 7. The van der Waals surface area contributed by atoms with Crippen molar-refractivity contribution in [2.75, 3.05) is 31.8 Å². The van der Waals surface area contributed by atoms with Gasteiger partial charge in [-0.2, -0.15) is 16.8 Å². The Hall–Kier alpha value is -0.620. The largest absolute Gasteiger partial charge is 0.394 e. The highest BCUT2D eigenvalue weighted by Gasteiger charge is 2.62. The summed E-state index contributed by atoms with van der Waals surface area (Å²) in [5.41, 5.74) is 0. The van der Waals surface area contributed by atoms with Gasteiger partial charge in [0, 0.05) is 7.11 Å². The second-order valence-electron chi connectivity index (χ2n) is 7.90. The fourth-order valence-electron chi connectivity index (χ4n) is 3.88. The van der Waals surface area contributed by atoms with Crippen molar-refractivity contribution in [3.63, 3.8) is 0 Å². The lowest BCUT2D eigenvalue weighted by Crippen LogP contribution is -2.73. The Kier molecular flexibility index (Phi) is 9.05. The summed E-state index contributed by atoms with van der Waals surface area (Å²) in [6, 6.07) is 0. The third kappa shape index (κ3) is 6.02. The molecule has 9 N–H and O–H groups in total. The van der Waals surface area contributed by atoms with E-state index in [2.05, 4.69) is 0 Å². The predicted octanol–water partition coefficient (Wildman–Crippen LogP) is -6.23. The normalized spacial score (nSPS) is 44.2. The Morgan fingerprint density at radius 3 is 1.62 bits per heavy atom. The van der Waals surface area contributed by atoms with E-state index in [9.17, 15) is 61.7 Å². The minimum Gasteiger partial charge on any atom is -0.394 e. The molecule has 2 rings (SSSR count). The maximum atomic E-state index is 11.6. The first kappa shape index (κ1) is 29.6. The van der Waals surface area contributed by atoms with E-state index < -0.39 is 105 Å². The maximum absolute atomic E-state index is 11.6. The molecule has 2 heterocycles. The van der Waals surface area contributed by atoms with E-state index in [4.69, 9.17) is 18.9 Å². The van der Waals surface area contributed by atoms with Gasteiger partial charge >= 0.3 is 0 Å². The average Bonchev–Trinajstić information content (AvgIpc) is 2.72. The Morgan fingerprint density at radius 1 is 0.735 bits per heavy atom. The van der Waals surface area contributed by atoms with Crippen molar-refractivity contribution in [1.82, 2.24) is 0 Å². The van der Waals surface area contributed by atoms with Gasteiger partial charge in [-0.1, -0.05) is 0 Å². The first-order valence-corrected chi connectivity index (χ1v) is 12.8. The summed E-state index contributed by atoms with van der Waals surface area (Å²) >= 11 is 0. The van der Waals surface area contributed by atoms with Crippen LogP contribution in [0.25, 0.3) is 0 Å². The molecule has 17 nitrogen and oxygen atoms in total. The first-order valence-electron chi connectivity index (χ1n) is 9.57. The minimum absolute atomic E-state index is 0.841. The van der Waals surface area contributed by atoms with Crippen LogP contribution in [0.4, 0.5) is 0 Å². The van der Waals surface area contributed by atoms with E-state index in [-0.39, 0.29) is 0 Å². The molecule has 0 aromatic carbocycles. The summed E-state index contributed by atoms with van der Waals surface area (Å²) in [5.74, 6) is -8.73. The number of methoxy groups -OCH3 is 1. The van der Waals surface area contributed by atoms with Crippen LogP contribution in [0, 0.1) is 0 Å². The molecule has 0 aromatic rings. The number of hydrogen-bond acceptors (Lipinski definition) is 15. The van der Waals surface area contributed by atoms with Gasteiger partial charge in [-0.3, -0.25) is 9.11 Å². The summed E-state index contributed by atoms with van der Waals surface area (Å²) in [6.07, 6.45) is -17.0. The van der Waals surface area contributed by atoms with Gasteiger partial charge in [0.2, 0.25) is 11.6 Å². The smallest absolute Gasteiger partial charge is 0.270 e. The zero-order valence-corrected chi connectivity index (χ0v) is 19.2. The molecular formula is C15H28O17S2. The number of rotatable bonds is 9. The van der Waals surface area contributed by atoms with Crippen molar-refractivity contribution < 1.29 is 80.6 Å². The maximum Gasteiger partial charge on any atom is 0.270 e. The highest BCUT2D eigenvalue weighted by atomic mass is 32.2. The van der Waals surface area contributed by atoms with Gasteiger partial charge in [0.1, 0.15) is 60.3 Å². The fraction of sp³-hybridized carbons (Fsp3) is 1.00. The van der Waals surface area contributed by atoms with E-state index in [1.165, 1.54) is 0 Å². The van der Waals surface area contributed by atoms with Crippen LogP contribution in [-0.4, -0.2) is 154 Å². The van der Waals surface area contributed by atoms with E-state index in [1.807, 2.05) is 0 Å². The van der Waals surface area contributed by atoms with Crippen LogP contribution in [0.5, 0.6) is 0 Å². The van der Waals surface area contributed by atoms with Crippen LogP contribution in [0.3, 0.4) is 0 Å². The van der Waals surface area contributed by atoms with E-state index in [1.54, 1.807) is 0 Å². The minimum atomic E-state index is -5.11. The molecule has 0 bridgehead atoms. The quantitative estimate of drug-likeness (QED) is 0.122.